The zero-order valence-electron chi connectivity index (χ0n) is 7.11. The lowest BCUT2D eigenvalue weighted by molar-refractivity contribution is 0.386. The lowest BCUT2D eigenvalue weighted by Crippen LogP contribution is -2.13. The minimum absolute atomic E-state index is 0.196. The Morgan fingerprint density at radius 1 is 0.867 bits per heavy atom. The predicted molar refractivity (Wildman–Crippen MR) is 57.5 cm³/mol. The largest absolute Gasteiger partial charge is 0.356 e. The normalized spacial score (nSPS) is 12.9. The van der Waals surface area contributed by atoms with Crippen LogP contribution in [0.2, 0.25) is 0 Å². The quantitative estimate of drug-likeness (QED) is 0.573. The van der Waals surface area contributed by atoms with Crippen molar-refractivity contribution >= 4 is 41.7 Å². The Hall–Kier alpha value is -0.000000000000000111. The van der Waals surface area contributed by atoms with Crippen LogP contribution < -0.4 is 10.6 Å². The van der Waals surface area contributed by atoms with Crippen LogP contribution in [0.1, 0.15) is 0 Å². The minimum atomic E-state index is -4.51. The molecule has 1 aromatic rings. The van der Waals surface area contributed by atoms with Gasteiger partial charge in [0.1, 0.15) is 0 Å². The van der Waals surface area contributed by atoms with Crippen molar-refractivity contribution in [3.63, 3.8) is 0 Å². The summed E-state index contributed by atoms with van der Waals surface area (Å²) in [5.74, 6) is 0. The van der Waals surface area contributed by atoms with Gasteiger partial charge in [0.15, 0.2) is 0 Å². The first kappa shape index (κ1) is 13.1. The fourth-order valence-corrected chi connectivity index (χ4v) is 3.07. The maximum absolute atomic E-state index is 10.9. The third-order valence-corrected chi connectivity index (χ3v) is 3.86. The second-order valence-electron chi connectivity index (χ2n) is 2.76. The van der Waals surface area contributed by atoms with E-state index >= 15 is 0 Å². The van der Waals surface area contributed by atoms with Crippen LogP contribution in [0, 0.1) is 0 Å². The van der Waals surface area contributed by atoms with Gasteiger partial charge < -0.3 is 19.6 Å². The highest BCUT2D eigenvalue weighted by Gasteiger charge is 2.24. The molecule has 4 N–H and O–H groups in total. The van der Waals surface area contributed by atoms with Crippen molar-refractivity contribution in [2.45, 2.75) is 0 Å². The fourth-order valence-electron chi connectivity index (χ4n) is 0.895. The molecule has 0 saturated carbocycles. The lowest BCUT2D eigenvalue weighted by atomic mass is 10.4. The second-order valence-corrected chi connectivity index (χ2v) is 6.88. The van der Waals surface area contributed by atoms with E-state index in [-0.39, 0.29) is 4.47 Å². The summed E-state index contributed by atoms with van der Waals surface area (Å²) >= 11 is 2.91. The smallest absolute Gasteiger partial charge is 0.321 e. The number of hydrogen-bond donors (Lipinski definition) is 4. The van der Waals surface area contributed by atoms with Gasteiger partial charge in [0.05, 0.1) is 10.6 Å². The number of hydrogen-bond acceptors (Lipinski definition) is 2. The number of halogens is 1. The Labute approximate surface area is 93.4 Å². The van der Waals surface area contributed by atoms with E-state index < -0.39 is 25.8 Å². The number of benzene rings is 1. The van der Waals surface area contributed by atoms with Gasteiger partial charge in [-0.25, -0.2) is 0 Å². The van der Waals surface area contributed by atoms with Crippen molar-refractivity contribution < 1.29 is 28.7 Å². The molecule has 0 aromatic heterocycles. The standard InChI is InChI=1S/C6H7BrO6P2/c7-4-1-5(14(8,9)10)3-6(2-4)15(11,12)13/h1-3H,(H2,8,9,10)(H2,11,12,13). The van der Waals surface area contributed by atoms with E-state index in [1.165, 1.54) is 0 Å². The molecule has 9 heteroatoms. The zero-order chi connectivity index (χ0) is 11.9. The Morgan fingerprint density at radius 3 is 1.47 bits per heavy atom. The molecule has 0 radical (unpaired) electrons. The molecule has 0 amide bonds. The first-order valence-electron chi connectivity index (χ1n) is 3.53. The molecule has 0 atom stereocenters. The van der Waals surface area contributed by atoms with E-state index in [9.17, 15) is 9.13 Å². The van der Waals surface area contributed by atoms with E-state index in [0.29, 0.717) is 0 Å². The van der Waals surface area contributed by atoms with Gasteiger partial charge in [-0.05, 0) is 18.2 Å². The van der Waals surface area contributed by atoms with Crippen molar-refractivity contribution in [1.29, 1.82) is 0 Å². The highest BCUT2D eigenvalue weighted by atomic mass is 79.9. The first-order valence-corrected chi connectivity index (χ1v) is 7.55. The van der Waals surface area contributed by atoms with Crippen LogP contribution in [0.15, 0.2) is 22.7 Å². The Bertz CT molecular complexity index is 434. The summed E-state index contributed by atoms with van der Waals surface area (Å²) < 4.78 is 22.0. The molecule has 0 spiro atoms. The van der Waals surface area contributed by atoms with E-state index in [0.717, 1.165) is 18.2 Å². The van der Waals surface area contributed by atoms with E-state index in [1.54, 1.807) is 0 Å². The SMILES string of the molecule is O=P(O)(O)c1cc(Br)cc(P(=O)(O)O)c1. The Morgan fingerprint density at radius 2 is 1.20 bits per heavy atom. The molecule has 15 heavy (non-hydrogen) atoms. The van der Waals surface area contributed by atoms with Gasteiger partial charge in [-0.15, -0.1) is 0 Å². The summed E-state index contributed by atoms with van der Waals surface area (Å²) in [6.45, 7) is 0. The monoisotopic (exact) mass is 316 g/mol. The van der Waals surface area contributed by atoms with E-state index in [2.05, 4.69) is 15.9 Å². The van der Waals surface area contributed by atoms with Crippen molar-refractivity contribution in [2.24, 2.45) is 0 Å². The molecule has 6 nitrogen and oxygen atoms in total. The first-order chi connectivity index (χ1) is 6.60. The molecule has 0 unspecified atom stereocenters. The second kappa shape index (κ2) is 4.11. The van der Waals surface area contributed by atoms with Gasteiger partial charge in [-0.3, -0.25) is 9.13 Å². The molecule has 1 rings (SSSR count). The third kappa shape index (κ3) is 3.50. The third-order valence-electron chi connectivity index (χ3n) is 1.54. The molecular formula is C6H7BrO6P2. The van der Waals surface area contributed by atoms with Gasteiger partial charge in [-0.1, -0.05) is 15.9 Å². The maximum Gasteiger partial charge on any atom is 0.356 e. The van der Waals surface area contributed by atoms with Crippen LogP contribution in [-0.4, -0.2) is 19.6 Å². The summed E-state index contributed by atoms with van der Waals surface area (Å²) in [6, 6.07) is 3.02. The average Bonchev–Trinajstić information content (AvgIpc) is 1.99. The van der Waals surface area contributed by atoms with Crippen molar-refractivity contribution in [2.75, 3.05) is 0 Å². The van der Waals surface area contributed by atoms with Crippen LogP contribution in [-0.2, 0) is 9.13 Å². The number of rotatable bonds is 2. The summed E-state index contributed by atoms with van der Waals surface area (Å²) in [5, 5.41) is -0.870. The molecular weight excluding hydrogens is 310 g/mol. The summed E-state index contributed by atoms with van der Waals surface area (Å²) in [5.41, 5.74) is 0. The maximum atomic E-state index is 10.9. The molecule has 0 aliphatic rings. The van der Waals surface area contributed by atoms with Crippen LogP contribution >= 0.6 is 31.1 Å². The highest BCUT2D eigenvalue weighted by Crippen LogP contribution is 2.38. The molecule has 0 heterocycles. The Kier molecular flexibility index (Phi) is 3.58. The zero-order valence-corrected chi connectivity index (χ0v) is 10.5. The van der Waals surface area contributed by atoms with Crippen molar-refractivity contribution in [3.8, 4) is 0 Å². The molecule has 84 valence electrons. The minimum Gasteiger partial charge on any atom is -0.321 e. The average molecular weight is 317 g/mol. The van der Waals surface area contributed by atoms with Gasteiger partial charge in [-0.2, -0.15) is 0 Å². The van der Waals surface area contributed by atoms with E-state index in [4.69, 9.17) is 19.6 Å². The summed E-state index contributed by atoms with van der Waals surface area (Å²) in [7, 11) is -9.03. The van der Waals surface area contributed by atoms with Gasteiger partial charge in [0.2, 0.25) is 0 Å². The van der Waals surface area contributed by atoms with Crippen LogP contribution in [0.25, 0.3) is 0 Å². The van der Waals surface area contributed by atoms with Crippen LogP contribution in [0.3, 0.4) is 0 Å². The molecule has 0 fully saturated rings. The molecule has 1 aromatic carbocycles. The fraction of sp³-hybridized carbons (Fsp3) is 0. The molecule has 0 saturated heterocycles. The summed E-state index contributed by atoms with van der Waals surface area (Å²) in [6.07, 6.45) is 0. The predicted octanol–water partition coefficient (Wildman–Crippen LogP) is 0.0551. The van der Waals surface area contributed by atoms with Crippen molar-refractivity contribution in [1.82, 2.24) is 0 Å². The van der Waals surface area contributed by atoms with Crippen LogP contribution in [0.5, 0.6) is 0 Å². The lowest BCUT2D eigenvalue weighted by Gasteiger charge is -2.09. The van der Waals surface area contributed by atoms with Gasteiger partial charge in [0, 0.05) is 4.47 Å². The Balaban J connectivity index is 3.43. The summed E-state index contributed by atoms with van der Waals surface area (Å²) in [4.78, 5) is 35.4. The van der Waals surface area contributed by atoms with Crippen molar-refractivity contribution in [3.05, 3.63) is 22.7 Å². The highest BCUT2D eigenvalue weighted by molar-refractivity contribution is 9.10. The van der Waals surface area contributed by atoms with Gasteiger partial charge >= 0.3 is 15.2 Å². The van der Waals surface area contributed by atoms with Gasteiger partial charge in [0.25, 0.3) is 0 Å². The molecule has 0 aliphatic carbocycles. The topological polar surface area (TPSA) is 115 Å². The van der Waals surface area contributed by atoms with Crippen LogP contribution in [0.4, 0.5) is 0 Å². The van der Waals surface area contributed by atoms with E-state index in [1.807, 2.05) is 0 Å². The molecule has 0 bridgehead atoms. The molecule has 0 aliphatic heterocycles.